The fourth-order valence-corrected chi connectivity index (χ4v) is 3.73. The monoisotopic (exact) mass is 358 g/mol. The van der Waals surface area contributed by atoms with Crippen molar-refractivity contribution in [3.63, 3.8) is 0 Å². The Morgan fingerprint density at radius 1 is 0.778 bits per heavy atom. The van der Waals surface area contributed by atoms with E-state index in [9.17, 15) is 4.79 Å². The summed E-state index contributed by atoms with van der Waals surface area (Å²) in [5.74, 6) is 0.669. The fraction of sp³-hybridized carbons (Fsp3) is 0.346. The van der Waals surface area contributed by atoms with E-state index in [0.29, 0.717) is 5.92 Å². The zero-order valence-electron chi connectivity index (χ0n) is 17.2. The van der Waals surface area contributed by atoms with Gasteiger partial charge in [0.05, 0.1) is 0 Å². The summed E-state index contributed by atoms with van der Waals surface area (Å²) in [6.45, 7) is 11.1. The van der Waals surface area contributed by atoms with Gasteiger partial charge in [0.2, 0.25) is 0 Å². The normalized spacial score (nSPS) is 21.1. The summed E-state index contributed by atoms with van der Waals surface area (Å²) in [6.07, 6.45) is 5.92. The topological polar surface area (TPSA) is 17.1 Å². The summed E-state index contributed by atoms with van der Waals surface area (Å²) in [5, 5.41) is 0. The second-order valence-electron chi connectivity index (χ2n) is 8.85. The first-order valence-electron chi connectivity index (χ1n) is 9.83. The van der Waals surface area contributed by atoms with Gasteiger partial charge in [0.1, 0.15) is 0 Å². The van der Waals surface area contributed by atoms with E-state index in [2.05, 4.69) is 71.0 Å². The number of aryl methyl sites for hydroxylation is 2. The van der Waals surface area contributed by atoms with Crippen molar-refractivity contribution in [3.05, 3.63) is 81.9 Å². The number of carbonyl (C=O) groups is 1. The van der Waals surface area contributed by atoms with Crippen LogP contribution in [0.1, 0.15) is 55.9 Å². The largest absolute Gasteiger partial charge is 0.289 e. The van der Waals surface area contributed by atoms with Gasteiger partial charge < -0.3 is 0 Å². The van der Waals surface area contributed by atoms with Crippen molar-refractivity contribution < 1.29 is 4.79 Å². The van der Waals surface area contributed by atoms with Gasteiger partial charge in [0.25, 0.3) is 0 Å². The van der Waals surface area contributed by atoms with E-state index in [1.807, 2.05) is 24.3 Å². The lowest BCUT2D eigenvalue weighted by Gasteiger charge is -2.35. The first-order valence-corrected chi connectivity index (χ1v) is 9.83. The van der Waals surface area contributed by atoms with Crippen molar-refractivity contribution in [1.82, 2.24) is 0 Å². The maximum absolute atomic E-state index is 13.3. The smallest absolute Gasteiger partial charge is 0.185 e. The summed E-state index contributed by atoms with van der Waals surface area (Å²) < 4.78 is 0. The molecule has 27 heavy (non-hydrogen) atoms. The molecule has 2 aromatic carbocycles. The van der Waals surface area contributed by atoms with Gasteiger partial charge in [-0.2, -0.15) is 0 Å². The molecule has 0 N–H and O–H groups in total. The molecule has 3 rings (SSSR count). The summed E-state index contributed by atoms with van der Waals surface area (Å²) in [5.41, 5.74) is 6.75. The molecule has 2 aromatic rings. The van der Waals surface area contributed by atoms with Gasteiger partial charge in [-0.3, -0.25) is 4.79 Å². The van der Waals surface area contributed by atoms with Crippen LogP contribution < -0.4 is 0 Å². The Kier molecular flexibility index (Phi) is 5.51. The summed E-state index contributed by atoms with van der Waals surface area (Å²) in [4.78, 5) is 13.3. The van der Waals surface area contributed by atoms with Gasteiger partial charge in [0.15, 0.2) is 5.78 Å². The van der Waals surface area contributed by atoms with Gasteiger partial charge >= 0.3 is 0 Å². The van der Waals surface area contributed by atoms with Gasteiger partial charge in [-0.1, -0.05) is 69.3 Å². The molecule has 0 unspecified atom stereocenters. The third kappa shape index (κ3) is 4.47. The maximum Gasteiger partial charge on any atom is 0.185 e. The van der Waals surface area contributed by atoms with E-state index >= 15 is 0 Å². The third-order valence-corrected chi connectivity index (χ3v) is 5.78. The number of ketones is 1. The van der Waals surface area contributed by atoms with E-state index in [-0.39, 0.29) is 11.2 Å². The summed E-state index contributed by atoms with van der Waals surface area (Å²) in [6, 6.07) is 16.6. The van der Waals surface area contributed by atoms with Crippen molar-refractivity contribution >= 4 is 17.9 Å². The Bertz CT molecular complexity index is 838. The van der Waals surface area contributed by atoms with Crippen molar-refractivity contribution in [3.8, 4) is 0 Å². The molecule has 1 saturated carbocycles. The molecule has 0 bridgehead atoms. The molecule has 1 nitrogen and oxygen atoms in total. The van der Waals surface area contributed by atoms with Crippen LogP contribution in [0.4, 0.5) is 0 Å². The van der Waals surface area contributed by atoms with Crippen LogP contribution in [0.25, 0.3) is 12.2 Å². The van der Waals surface area contributed by atoms with Crippen LogP contribution in [-0.4, -0.2) is 5.78 Å². The molecule has 0 amide bonds. The van der Waals surface area contributed by atoms with E-state index in [1.165, 1.54) is 11.1 Å². The van der Waals surface area contributed by atoms with E-state index in [1.54, 1.807) is 0 Å². The highest BCUT2D eigenvalue weighted by molar-refractivity contribution is 6.14. The van der Waals surface area contributed by atoms with Crippen molar-refractivity contribution in [2.24, 2.45) is 11.3 Å². The average Bonchev–Trinajstić information content (AvgIpc) is 2.61. The highest BCUT2D eigenvalue weighted by atomic mass is 16.1. The molecule has 1 heteroatoms. The molecule has 1 fully saturated rings. The van der Waals surface area contributed by atoms with Gasteiger partial charge in [-0.25, -0.2) is 0 Å². The van der Waals surface area contributed by atoms with Crippen molar-refractivity contribution in [2.75, 3.05) is 0 Å². The zero-order chi connectivity index (χ0) is 19.6. The first-order chi connectivity index (χ1) is 12.8. The maximum atomic E-state index is 13.3. The Morgan fingerprint density at radius 2 is 1.19 bits per heavy atom. The second kappa shape index (κ2) is 7.68. The molecule has 140 valence electrons. The van der Waals surface area contributed by atoms with Crippen LogP contribution in [0.3, 0.4) is 0 Å². The van der Waals surface area contributed by atoms with E-state index in [0.717, 1.165) is 35.1 Å². The second-order valence-corrected chi connectivity index (χ2v) is 8.85. The van der Waals surface area contributed by atoms with Crippen LogP contribution in [0, 0.1) is 25.2 Å². The summed E-state index contributed by atoms with van der Waals surface area (Å²) in [7, 11) is 0. The molecule has 0 spiro atoms. The van der Waals surface area contributed by atoms with Gasteiger partial charge in [0, 0.05) is 11.1 Å². The molecule has 0 heterocycles. The van der Waals surface area contributed by atoms with Crippen LogP contribution in [-0.2, 0) is 4.79 Å². The molecule has 1 aliphatic carbocycles. The standard InChI is InChI=1S/C26H30O/c1-18-10-6-8-12-20(18)14-22-16-24(26(3,4)5)17-23(25(22)27)15-21-13-9-7-11-19(21)2/h6-15,24H,16-17H2,1-5H3/b22-14+,23-15+. The molecular formula is C26H30O. The Balaban J connectivity index is 2.05. The first kappa shape index (κ1) is 19.4. The van der Waals surface area contributed by atoms with Gasteiger partial charge in [-0.15, -0.1) is 0 Å². The molecule has 0 atom stereocenters. The quantitative estimate of drug-likeness (QED) is 0.540. The third-order valence-electron chi connectivity index (χ3n) is 5.78. The van der Waals surface area contributed by atoms with Crippen molar-refractivity contribution in [2.45, 2.75) is 47.5 Å². The Labute approximate surface area is 163 Å². The molecule has 0 aromatic heterocycles. The molecular weight excluding hydrogens is 328 g/mol. The number of carbonyl (C=O) groups excluding carboxylic acids is 1. The fourth-order valence-electron chi connectivity index (χ4n) is 3.73. The SMILES string of the molecule is Cc1ccccc1/C=C1\CC(C(C)(C)C)C/C(=C\c2ccccc2C)C1=O. The minimum absolute atomic E-state index is 0.163. The minimum atomic E-state index is 0.163. The van der Waals surface area contributed by atoms with Gasteiger partial charge in [-0.05, 0) is 72.4 Å². The van der Waals surface area contributed by atoms with E-state index < -0.39 is 0 Å². The van der Waals surface area contributed by atoms with Crippen LogP contribution in [0.2, 0.25) is 0 Å². The zero-order valence-corrected chi connectivity index (χ0v) is 17.2. The lowest BCUT2D eigenvalue weighted by atomic mass is 9.68. The number of hydrogen-bond donors (Lipinski definition) is 0. The predicted molar refractivity (Wildman–Crippen MR) is 115 cm³/mol. The number of rotatable bonds is 2. The molecule has 1 aliphatic rings. The van der Waals surface area contributed by atoms with E-state index in [4.69, 9.17) is 0 Å². The number of Topliss-reactive ketones (excluding diaryl/α,β-unsaturated/α-hetero) is 1. The predicted octanol–water partition coefficient (Wildman–Crippen LogP) is 6.80. The minimum Gasteiger partial charge on any atom is -0.289 e. The van der Waals surface area contributed by atoms with Crippen LogP contribution in [0.5, 0.6) is 0 Å². The van der Waals surface area contributed by atoms with Crippen LogP contribution in [0.15, 0.2) is 59.7 Å². The molecule has 0 radical (unpaired) electrons. The highest BCUT2D eigenvalue weighted by Crippen LogP contribution is 2.42. The Hall–Kier alpha value is -2.41. The molecule has 0 saturated heterocycles. The number of hydrogen-bond acceptors (Lipinski definition) is 1. The molecule has 0 aliphatic heterocycles. The highest BCUT2D eigenvalue weighted by Gasteiger charge is 2.34. The van der Waals surface area contributed by atoms with Crippen LogP contribution >= 0.6 is 0 Å². The van der Waals surface area contributed by atoms with Crippen molar-refractivity contribution in [1.29, 1.82) is 0 Å². The Morgan fingerprint density at radius 3 is 1.56 bits per heavy atom. The average molecular weight is 359 g/mol. The number of allylic oxidation sites excluding steroid dienone is 2. The number of benzene rings is 2. The summed E-state index contributed by atoms with van der Waals surface area (Å²) >= 11 is 0. The lowest BCUT2D eigenvalue weighted by molar-refractivity contribution is -0.113. The lowest BCUT2D eigenvalue weighted by Crippen LogP contribution is -2.29.